The minimum Gasteiger partial charge on any atom is -0.467 e. The first-order valence-corrected chi connectivity index (χ1v) is 5.91. The van der Waals surface area contributed by atoms with E-state index in [2.05, 4.69) is 4.74 Å². The smallest absolute Gasteiger partial charge is 0.411 e. The van der Waals surface area contributed by atoms with Crippen LogP contribution in [0, 0.1) is 6.92 Å². The highest BCUT2D eigenvalue weighted by Crippen LogP contribution is 2.24. The van der Waals surface area contributed by atoms with Gasteiger partial charge < -0.3 is 15.2 Å². The van der Waals surface area contributed by atoms with Gasteiger partial charge in [0.15, 0.2) is 6.79 Å². The zero-order valence-corrected chi connectivity index (χ0v) is 11.0. The third-order valence-electron chi connectivity index (χ3n) is 2.39. The van der Waals surface area contributed by atoms with Crippen molar-refractivity contribution in [2.45, 2.75) is 32.5 Å². The number of aryl methyl sites for hydroxylation is 1. The van der Waals surface area contributed by atoms with Gasteiger partial charge in [0.2, 0.25) is 0 Å². The first kappa shape index (κ1) is 15.8. The molecule has 0 aromatic heterocycles. The second kappa shape index (κ2) is 6.77. The summed E-state index contributed by atoms with van der Waals surface area (Å²) in [7, 11) is 0. The number of rotatable bonds is 6. The van der Waals surface area contributed by atoms with Crippen LogP contribution in [0.25, 0.3) is 0 Å². The summed E-state index contributed by atoms with van der Waals surface area (Å²) in [5, 5.41) is 0. The van der Waals surface area contributed by atoms with Crippen LogP contribution < -0.4 is 10.5 Å². The molecule has 19 heavy (non-hydrogen) atoms. The summed E-state index contributed by atoms with van der Waals surface area (Å²) in [5.41, 5.74) is 7.43. The number of para-hydroxylation sites is 1. The molecule has 0 spiro atoms. The van der Waals surface area contributed by atoms with E-state index in [4.69, 9.17) is 10.5 Å². The SMILES string of the molecule is Cc1cccc(CC(C)N)c1OCOCC(F)(F)F. The number of hydrogen-bond donors (Lipinski definition) is 1. The minimum atomic E-state index is -4.34. The van der Waals surface area contributed by atoms with E-state index < -0.39 is 19.6 Å². The molecule has 1 aromatic carbocycles. The Bertz CT molecular complexity index is 405. The van der Waals surface area contributed by atoms with Gasteiger partial charge in [-0.3, -0.25) is 0 Å². The van der Waals surface area contributed by atoms with E-state index in [0.29, 0.717) is 12.2 Å². The molecule has 0 aliphatic heterocycles. The van der Waals surface area contributed by atoms with Gasteiger partial charge in [-0.15, -0.1) is 0 Å². The van der Waals surface area contributed by atoms with E-state index in [1.54, 1.807) is 0 Å². The number of benzene rings is 1. The molecule has 0 aliphatic carbocycles. The number of hydrogen-bond acceptors (Lipinski definition) is 3. The highest BCUT2D eigenvalue weighted by atomic mass is 19.4. The van der Waals surface area contributed by atoms with Gasteiger partial charge in [0.05, 0.1) is 0 Å². The maximum absolute atomic E-state index is 11.9. The van der Waals surface area contributed by atoms with Gasteiger partial charge in [0.25, 0.3) is 0 Å². The molecule has 1 unspecified atom stereocenters. The van der Waals surface area contributed by atoms with Gasteiger partial charge >= 0.3 is 6.18 Å². The molecule has 0 bridgehead atoms. The van der Waals surface area contributed by atoms with Crippen LogP contribution in [0.15, 0.2) is 18.2 Å². The van der Waals surface area contributed by atoms with Crippen LogP contribution in [-0.2, 0) is 11.2 Å². The lowest BCUT2D eigenvalue weighted by atomic mass is 10.0. The summed E-state index contributed by atoms with van der Waals surface area (Å²) < 4.78 is 45.5. The average molecular weight is 277 g/mol. The third kappa shape index (κ3) is 5.94. The quantitative estimate of drug-likeness (QED) is 0.642. The summed E-state index contributed by atoms with van der Waals surface area (Å²) in [6.45, 7) is 1.92. The lowest BCUT2D eigenvalue weighted by molar-refractivity contribution is -0.186. The van der Waals surface area contributed by atoms with E-state index in [9.17, 15) is 13.2 Å². The molecule has 0 saturated carbocycles. The van der Waals surface area contributed by atoms with Crippen molar-refractivity contribution in [3.63, 3.8) is 0 Å². The largest absolute Gasteiger partial charge is 0.467 e. The first-order chi connectivity index (χ1) is 8.79. The van der Waals surface area contributed by atoms with E-state index >= 15 is 0 Å². The third-order valence-corrected chi connectivity index (χ3v) is 2.39. The molecule has 1 rings (SSSR count). The van der Waals surface area contributed by atoms with Crippen LogP contribution in [0.4, 0.5) is 13.2 Å². The fourth-order valence-electron chi connectivity index (χ4n) is 1.69. The molecule has 0 saturated heterocycles. The minimum absolute atomic E-state index is 0.0553. The lowest BCUT2D eigenvalue weighted by Crippen LogP contribution is -2.20. The summed E-state index contributed by atoms with van der Waals surface area (Å²) in [6.07, 6.45) is -3.75. The summed E-state index contributed by atoms with van der Waals surface area (Å²) in [4.78, 5) is 0. The average Bonchev–Trinajstić information content (AvgIpc) is 2.25. The maximum atomic E-state index is 11.9. The van der Waals surface area contributed by atoms with Crippen LogP contribution in [0.3, 0.4) is 0 Å². The molecule has 6 heteroatoms. The Morgan fingerprint density at radius 1 is 1.32 bits per heavy atom. The molecule has 2 N–H and O–H groups in total. The fourth-order valence-corrected chi connectivity index (χ4v) is 1.69. The molecule has 108 valence electrons. The standard InChI is InChI=1S/C13H18F3NO2/c1-9-4-3-5-11(6-10(2)17)12(9)19-8-18-7-13(14,15)16/h3-5,10H,6-8,17H2,1-2H3. The Morgan fingerprint density at radius 2 is 2.00 bits per heavy atom. The zero-order valence-electron chi connectivity index (χ0n) is 11.0. The molecule has 1 aromatic rings. The number of alkyl halides is 3. The van der Waals surface area contributed by atoms with Crippen molar-refractivity contribution >= 4 is 0 Å². The van der Waals surface area contributed by atoms with Crippen LogP contribution in [0.5, 0.6) is 5.75 Å². The summed E-state index contributed by atoms with van der Waals surface area (Å²) >= 11 is 0. The Hall–Kier alpha value is -1.27. The second-order valence-electron chi connectivity index (χ2n) is 4.47. The van der Waals surface area contributed by atoms with E-state index in [1.165, 1.54) is 0 Å². The number of nitrogens with two attached hydrogens (primary N) is 1. The van der Waals surface area contributed by atoms with Gasteiger partial charge in [0, 0.05) is 6.04 Å². The van der Waals surface area contributed by atoms with Gasteiger partial charge in [-0.05, 0) is 31.4 Å². The second-order valence-corrected chi connectivity index (χ2v) is 4.47. The highest BCUT2D eigenvalue weighted by Gasteiger charge is 2.27. The van der Waals surface area contributed by atoms with E-state index in [0.717, 1.165) is 11.1 Å². The Kier molecular flexibility index (Phi) is 5.62. The van der Waals surface area contributed by atoms with Gasteiger partial charge in [-0.25, -0.2) is 0 Å². The predicted molar refractivity (Wildman–Crippen MR) is 66.0 cm³/mol. The molecule has 0 fully saturated rings. The van der Waals surface area contributed by atoms with Crippen LogP contribution in [0.2, 0.25) is 0 Å². The topological polar surface area (TPSA) is 44.5 Å². The van der Waals surface area contributed by atoms with Crippen molar-refractivity contribution in [3.05, 3.63) is 29.3 Å². The molecule has 0 aliphatic rings. The van der Waals surface area contributed by atoms with Crippen LogP contribution in [0.1, 0.15) is 18.1 Å². The molecule has 0 heterocycles. The maximum Gasteiger partial charge on any atom is 0.411 e. The van der Waals surface area contributed by atoms with E-state index in [1.807, 2.05) is 32.0 Å². The van der Waals surface area contributed by atoms with Gasteiger partial charge in [0.1, 0.15) is 12.4 Å². The van der Waals surface area contributed by atoms with Gasteiger partial charge in [-0.2, -0.15) is 13.2 Å². The molecule has 0 radical (unpaired) electrons. The molecule has 1 atom stereocenters. The zero-order chi connectivity index (χ0) is 14.5. The molecular weight excluding hydrogens is 259 g/mol. The highest BCUT2D eigenvalue weighted by molar-refractivity contribution is 5.41. The van der Waals surface area contributed by atoms with Crippen molar-refractivity contribution < 1.29 is 22.6 Å². The fraction of sp³-hybridized carbons (Fsp3) is 0.538. The predicted octanol–water partition coefficient (Wildman–Crippen LogP) is 2.80. The lowest BCUT2D eigenvalue weighted by Gasteiger charge is -2.16. The van der Waals surface area contributed by atoms with Crippen molar-refractivity contribution in [3.8, 4) is 5.75 Å². The molecular formula is C13H18F3NO2. The van der Waals surface area contributed by atoms with Crippen LogP contribution >= 0.6 is 0 Å². The van der Waals surface area contributed by atoms with Gasteiger partial charge in [-0.1, -0.05) is 18.2 Å². The van der Waals surface area contributed by atoms with E-state index in [-0.39, 0.29) is 6.04 Å². The Balaban J connectivity index is 2.61. The number of ether oxygens (including phenoxy) is 2. The molecule has 3 nitrogen and oxygen atoms in total. The summed E-state index contributed by atoms with van der Waals surface area (Å²) in [6, 6.07) is 5.47. The summed E-state index contributed by atoms with van der Waals surface area (Å²) in [5.74, 6) is 0.543. The monoisotopic (exact) mass is 277 g/mol. The van der Waals surface area contributed by atoms with Crippen molar-refractivity contribution in [2.24, 2.45) is 5.73 Å². The normalized spacial score (nSPS) is 13.4. The van der Waals surface area contributed by atoms with Crippen LogP contribution in [-0.4, -0.2) is 25.6 Å². The Labute approximate surface area is 110 Å². The number of halogens is 3. The van der Waals surface area contributed by atoms with Crippen molar-refractivity contribution in [1.29, 1.82) is 0 Å². The van der Waals surface area contributed by atoms with Crippen molar-refractivity contribution in [1.82, 2.24) is 0 Å². The Morgan fingerprint density at radius 3 is 2.58 bits per heavy atom. The van der Waals surface area contributed by atoms with Crippen molar-refractivity contribution in [2.75, 3.05) is 13.4 Å². The molecule has 0 amide bonds. The first-order valence-electron chi connectivity index (χ1n) is 5.91.